The van der Waals surface area contributed by atoms with E-state index in [1.165, 1.54) is 45.2 Å². The second-order valence-corrected chi connectivity index (χ2v) is 6.97. The van der Waals surface area contributed by atoms with Gasteiger partial charge >= 0.3 is 0 Å². The molecule has 3 aliphatic rings. The molecule has 3 fully saturated rings. The molecular formula is C16H27N3. The number of hydrogen-bond acceptors (Lipinski definition) is 3. The molecule has 0 spiro atoms. The highest BCUT2D eigenvalue weighted by Gasteiger charge is 2.41. The van der Waals surface area contributed by atoms with E-state index in [9.17, 15) is 5.26 Å². The molecule has 0 bridgehead atoms. The van der Waals surface area contributed by atoms with Crippen LogP contribution in [0.2, 0.25) is 0 Å². The summed E-state index contributed by atoms with van der Waals surface area (Å²) in [7, 11) is 0. The maximum Gasteiger partial charge on any atom is 0.107 e. The summed E-state index contributed by atoms with van der Waals surface area (Å²) in [5.41, 5.74) is 5.72. The molecule has 2 N–H and O–H groups in total. The molecule has 19 heavy (non-hydrogen) atoms. The number of fused-ring (bicyclic) bond motifs is 1. The average Bonchev–Trinajstić information content (AvgIpc) is 3.03. The van der Waals surface area contributed by atoms with Crippen molar-refractivity contribution in [2.45, 2.75) is 69.4 Å². The van der Waals surface area contributed by atoms with Crippen LogP contribution in [0.4, 0.5) is 0 Å². The van der Waals surface area contributed by atoms with Gasteiger partial charge in [-0.05, 0) is 69.9 Å². The van der Waals surface area contributed by atoms with Crippen LogP contribution in [0, 0.1) is 23.2 Å². The third-order valence-electron chi connectivity index (χ3n) is 5.95. The molecule has 0 radical (unpaired) electrons. The molecule has 1 aliphatic heterocycles. The van der Waals surface area contributed by atoms with Gasteiger partial charge in [-0.2, -0.15) is 5.26 Å². The first-order chi connectivity index (χ1) is 9.23. The fourth-order valence-corrected chi connectivity index (χ4v) is 4.81. The highest BCUT2D eigenvalue weighted by Crippen LogP contribution is 2.39. The molecule has 2 saturated carbocycles. The van der Waals surface area contributed by atoms with Gasteiger partial charge in [0, 0.05) is 6.04 Å². The molecule has 1 heterocycles. The van der Waals surface area contributed by atoms with Crippen LogP contribution in [0.1, 0.15) is 57.8 Å². The largest absolute Gasteiger partial charge is 0.313 e. The van der Waals surface area contributed by atoms with Crippen LogP contribution in [-0.2, 0) is 0 Å². The summed E-state index contributed by atoms with van der Waals surface area (Å²) < 4.78 is 0. The van der Waals surface area contributed by atoms with E-state index >= 15 is 0 Å². The third kappa shape index (κ3) is 2.53. The monoisotopic (exact) mass is 261 g/mol. The first kappa shape index (κ1) is 13.4. The maximum atomic E-state index is 9.29. The van der Waals surface area contributed by atoms with E-state index in [-0.39, 0.29) is 0 Å². The summed E-state index contributed by atoms with van der Waals surface area (Å²) in [6, 6.07) is 3.24. The molecule has 4 unspecified atom stereocenters. The van der Waals surface area contributed by atoms with Gasteiger partial charge in [0.15, 0.2) is 0 Å². The fourth-order valence-electron chi connectivity index (χ4n) is 4.81. The van der Waals surface area contributed by atoms with Gasteiger partial charge in [0.1, 0.15) is 5.54 Å². The van der Waals surface area contributed by atoms with Crippen molar-refractivity contribution in [3.8, 4) is 6.07 Å². The minimum atomic E-state index is -0.523. The molecule has 4 atom stereocenters. The first-order valence-electron chi connectivity index (χ1n) is 8.17. The molecule has 3 rings (SSSR count). The van der Waals surface area contributed by atoms with Crippen molar-refractivity contribution in [3.63, 3.8) is 0 Å². The molecule has 3 heteroatoms. The summed E-state index contributed by atoms with van der Waals surface area (Å²) in [6.45, 7) is 2.45. The third-order valence-corrected chi connectivity index (χ3v) is 5.95. The van der Waals surface area contributed by atoms with E-state index in [1.807, 2.05) is 0 Å². The lowest BCUT2D eigenvalue weighted by molar-refractivity contribution is 0.103. The van der Waals surface area contributed by atoms with Gasteiger partial charge in [-0.1, -0.05) is 12.8 Å². The van der Waals surface area contributed by atoms with Crippen molar-refractivity contribution in [2.24, 2.45) is 17.6 Å². The number of rotatable bonds is 3. The molecule has 0 aromatic rings. The zero-order chi connectivity index (χ0) is 13.3. The van der Waals surface area contributed by atoms with Crippen LogP contribution < -0.4 is 5.73 Å². The lowest BCUT2D eigenvalue weighted by Gasteiger charge is -2.39. The SMILES string of the molecule is N#CC1(N)CCCC1CCN1CCCC2CCCC21. The van der Waals surface area contributed by atoms with Crippen molar-refractivity contribution in [1.82, 2.24) is 4.90 Å². The van der Waals surface area contributed by atoms with Crippen molar-refractivity contribution in [1.29, 1.82) is 5.26 Å². The molecule has 0 aromatic heterocycles. The summed E-state index contributed by atoms with van der Waals surface area (Å²) in [4.78, 5) is 2.72. The Morgan fingerprint density at radius 3 is 2.84 bits per heavy atom. The Morgan fingerprint density at radius 1 is 1.16 bits per heavy atom. The fraction of sp³-hybridized carbons (Fsp3) is 0.938. The standard InChI is InChI=1S/C16H27N3/c17-12-16(18)9-2-6-14(16)8-11-19-10-3-5-13-4-1-7-15(13)19/h13-15H,1-11,18H2. The zero-order valence-corrected chi connectivity index (χ0v) is 12.0. The normalized spacial score (nSPS) is 43.1. The second kappa shape index (κ2) is 5.42. The lowest BCUT2D eigenvalue weighted by atomic mass is 9.86. The minimum Gasteiger partial charge on any atom is -0.313 e. The smallest absolute Gasteiger partial charge is 0.107 e. The van der Waals surface area contributed by atoms with Crippen molar-refractivity contribution >= 4 is 0 Å². The number of likely N-dealkylation sites (tertiary alicyclic amines) is 1. The molecular weight excluding hydrogens is 234 g/mol. The highest BCUT2D eigenvalue weighted by molar-refractivity contribution is 5.12. The van der Waals surface area contributed by atoms with E-state index in [0.29, 0.717) is 5.92 Å². The van der Waals surface area contributed by atoms with Crippen molar-refractivity contribution < 1.29 is 0 Å². The molecule has 106 valence electrons. The Balaban J connectivity index is 1.56. The molecule has 0 aromatic carbocycles. The van der Waals surface area contributed by atoms with E-state index in [2.05, 4.69) is 11.0 Å². The second-order valence-electron chi connectivity index (χ2n) is 6.97. The number of nitrogens with two attached hydrogens (primary N) is 1. The van der Waals surface area contributed by atoms with E-state index in [1.54, 1.807) is 0 Å². The summed E-state index contributed by atoms with van der Waals surface area (Å²) >= 11 is 0. The topological polar surface area (TPSA) is 53.1 Å². The quantitative estimate of drug-likeness (QED) is 0.849. The van der Waals surface area contributed by atoms with Crippen LogP contribution in [0.25, 0.3) is 0 Å². The Morgan fingerprint density at radius 2 is 2.00 bits per heavy atom. The van der Waals surface area contributed by atoms with Crippen molar-refractivity contribution in [3.05, 3.63) is 0 Å². The number of nitriles is 1. The molecule has 2 aliphatic carbocycles. The summed E-state index contributed by atoms with van der Waals surface area (Å²) in [5, 5.41) is 9.29. The van der Waals surface area contributed by atoms with Crippen LogP contribution in [-0.4, -0.2) is 29.6 Å². The molecule has 0 amide bonds. The Bertz CT molecular complexity index is 361. The number of nitrogens with zero attached hydrogens (tertiary/aromatic N) is 2. The van der Waals surface area contributed by atoms with E-state index in [0.717, 1.165) is 37.6 Å². The van der Waals surface area contributed by atoms with Gasteiger partial charge < -0.3 is 10.6 Å². The van der Waals surface area contributed by atoms with Crippen LogP contribution in [0.3, 0.4) is 0 Å². The number of piperidine rings is 1. The van der Waals surface area contributed by atoms with Crippen LogP contribution >= 0.6 is 0 Å². The van der Waals surface area contributed by atoms with Gasteiger partial charge in [-0.25, -0.2) is 0 Å². The van der Waals surface area contributed by atoms with Crippen molar-refractivity contribution in [2.75, 3.05) is 13.1 Å². The predicted molar refractivity (Wildman–Crippen MR) is 76.4 cm³/mol. The Labute approximate surface area is 117 Å². The van der Waals surface area contributed by atoms with Gasteiger partial charge in [0.25, 0.3) is 0 Å². The van der Waals surface area contributed by atoms with Gasteiger partial charge in [0.2, 0.25) is 0 Å². The number of hydrogen-bond donors (Lipinski definition) is 1. The predicted octanol–water partition coefficient (Wildman–Crippen LogP) is 2.66. The molecule has 1 saturated heterocycles. The van der Waals surface area contributed by atoms with Crippen LogP contribution in [0.5, 0.6) is 0 Å². The zero-order valence-electron chi connectivity index (χ0n) is 12.0. The van der Waals surface area contributed by atoms with E-state index < -0.39 is 5.54 Å². The first-order valence-corrected chi connectivity index (χ1v) is 8.17. The average molecular weight is 261 g/mol. The van der Waals surface area contributed by atoms with Gasteiger partial charge in [-0.15, -0.1) is 0 Å². The summed E-state index contributed by atoms with van der Waals surface area (Å²) in [6.07, 6.45) is 11.4. The maximum absolute atomic E-state index is 9.29. The Hall–Kier alpha value is -0.590. The Kier molecular flexibility index (Phi) is 3.82. The van der Waals surface area contributed by atoms with Gasteiger partial charge in [-0.3, -0.25) is 0 Å². The van der Waals surface area contributed by atoms with Gasteiger partial charge in [0.05, 0.1) is 6.07 Å². The lowest BCUT2D eigenvalue weighted by Crippen LogP contribution is -2.46. The summed E-state index contributed by atoms with van der Waals surface area (Å²) in [5.74, 6) is 1.40. The highest BCUT2D eigenvalue weighted by atomic mass is 15.2. The van der Waals surface area contributed by atoms with E-state index in [4.69, 9.17) is 5.73 Å². The van der Waals surface area contributed by atoms with Crippen LogP contribution in [0.15, 0.2) is 0 Å². The molecule has 3 nitrogen and oxygen atoms in total. The minimum absolute atomic E-state index is 0.430.